The van der Waals surface area contributed by atoms with E-state index in [2.05, 4.69) is 5.32 Å². The number of fused-ring (bicyclic) bond motifs is 1. The molecule has 3 rings (SSSR count). The van der Waals surface area contributed by atoms with Gasteiger partial charge < -0.3 is 19.5 Å². The number of likely N-dealkylation sites (N-methyl/N-ethyl adjacent to an activating group) is 1. The predicted molar refractivity (Wildman–Crippen MR) is 110 cm³/mol. The van der Waals surface area contributed by atoms with Crippen LogP contribution < -0.4 is 19.5 Å². The molecule has 1 aliphatic heterocycles. The van der Waals surface area contributed by atoms with Crippen LogP contribution in [-0.4, -0.2) is 50.8 Å². The van der Waals surface area contributed by atoms with E-state index >= 15 is 0 Å². The minimum Gasteiger partial charge on any atom is -0.494 e. The Morgan fingerprint density at radius 1 is 1.18 bits per heavy atom. The first kappa shape index (κ1) is 20.3. The number of anilines is 1. The van der Waals surface area contributed by atoms with Crippen LogP contribution in [0.5, 0.6) is 17.2 Å². The van der Waals surface area contributed by atoms with Crippen molar-refractivity contribution in [1.82, 2.24) is 4.90 Å². The number of carbonyl (C=O) groups excluding carboxylic acids is 1. The van der Waals surface area contributed by atoms with Crippen LogP contribution in [0.25, 0.3) is 0 Å². The maximum Gasteiger partial charge on any atom is 0.238 e. The van der Waals surface area contributed by atoms with Crippen molar-refractivity contribution in [3.8, 4) is 17.2 Å². The molecular weight excluding hydrogens is 380 g/mol. The molecule has 0 bridgehead atoms. The number of nitrogens with zero attached hydrogens (tertiary/aromatic N) is 1. The molecule has 0 atom stereocenters. The zero-order valence-corrected chi connectivity index (χ0v) is 16.7. The van der Waals surface area contributed by atoms with Gasteiger partial charge in [-0.3, -0.25) is 9.69 Å². The Kier molecular flexibility index (Phi) is 7.39. The first-order valence-corrected chi connectivity index (χ1v) is 9.75. The van der Waals surface area contributed by atoms with Gasteiger partial charge in [0.15, 0.2) is 11.5 Å². The summed E-state index contributed by atoms with van der Waals surface area (Å²) in [5, 5.41) is 3.28. The zero-order valence-electron chi connectivity index (χ0n) is 15.9. The fourth-order valence-electron chi connectivity index (χ4n) is 2.83. The molecule has 150 valence electrons. The fraction of sp³-hybridized carbons (Fsp3) is 0.381. The monoisotopic (exact) mass is 404 g/mol. The van der Waals surface area contributed by atoms with Crippen LogP contribution in [0.3, 0.4) is 0 Å². The highest BCUT2D eigenvalue weighted by molar-refractivity contribution is 6.34. The molecule has 28 heavy (non-hydrogen) atoms. The van der Waals surface area contributed by atoms with Crippen molar-refractivity contribution in [1.29, 1.82) is 0 Å². The summed E-state index contributed by atoms with van der Waals surface area (Å²) in [5.41, 5.74) is 0.525. The van der Waals surface area contributed by atoms with Crippen LogP contribution in [0.2, 0.25) is 5.02 Å². The quantitative estimate of drug-likeness (QED) is 0.677. The highest BCUT2D eigenvalue weighted by Crippen LogP contribution is 2.37. The zero-order chi connectivity index (χ0) is 19.8. The maximum atomic E-state index is 12.4. The summed E-state index contributed by atoms with van der Waals surface area (Å²) < 4.78 is 16.9. The van der Waals surface area contributed by atoms with Crippen molar-refractivity contribution in [2.75, 3.05) is 45.3 Å². The van der Waals surface area contributed by atoms with Gasteiger partial charge in [-0.15, -0.1) is 0 Å². The third kappa shape index (κ3) is 6.04. The van der Waals surface area contributed by atoms with E-state index in [4.69, 9.17) is 25.8 Å². The average Bonchev–Trinajstić information content (AvgIpc) is 2.91. The molecule has 7 heteroatoms. The molecule has 2 aromatic carbocycles. The summed E-state index contributed by atoms with van der Waals surface area (Å²) >= 11 is 6.28. The third-order valence-electron chi connectivity index (χ3n) is 4.22. The Labute approximate surface area is 170 Å². The lowest BCUT2D eigenvalue weighted by Gasteiger charge is -2.17. The fourth-order valence-corrected chi connectivity index (χ4v) is 3.04. The van der Waals surface area contributed by atoms with Crippen LogP contribution in [0.15, 0.2) is 42.5 Å². The van der Waals surface area contributed by atoms with Gasteiger partial charge in [-0.25, -0.2) is 0 Å². The van der Waals surface area contributed by atoms with E-state index in [1.165, 1.54) is 0 Å². The number of hydrogen-bond acceptors (Lipinski definition) is 5. The van der Waals surface area contributed by atoms with Gasteiger partial charge in [-0.05, 0) is 25.6 Å². The predicted octanol–water partition coefficient (Wildman–Crippen LogP) is 3.84. The van der Waals surface area contributed by atoms with Gasteiger partial charge in [0.1, 0.15) is 5.75 Å². The van der Waals surface area contributed by atoms with E-state index in [9.17, 15) is 4.79 Å². The minimum atomic E-state index is -0.136. The number of para-hydroxylation sites is 1. The molecule has 1 aliphatic rings. The smallest absolute Gasteiger partial charge is 0.238 e. The topological polar surface area (TPSA) is 60.0 Å². The van der Waals surface area contributed by atoms with Crippen LogP contribution in [0.1, 0.15) is 12.8 Å². The molecule has 0 saturated carbocycles. The van der Waals surface area contributed by atoms with E-state index in [-0.39, 0.29) is 12.5 Å². The molecule has 0 saturated heterocycles. The Morgan fingerprint density at radius 3 is 2.64 bits per heavy atom. The summed E-state index contributed by atoms with van der Waals surface area (Å²) in [6.45, 7) is 2.78. The van der Waals surface area contributed by atoms with Crippen molar-refractivity contribution >= 4 is 23.2 Å². The Balaban J connectivity index is 1.44. The number of ether oxygens (including phenoxy) is 3. The third-order valence-corrected chi connectivity index (χ3v) is 4.53. The van der Waals surface area contributed by atoms with Crippen LogP contribution in [-0.2, 0) is 4.79 Å². The number of rotatable bonds is 8. The lowest BCUT2D eigenvalue weighted by Crippen LogP contribution is -2.31. The van der Waals surface area contributed by atoms with Crippen LogP contribution in [0, 0.1) is 0 Å². The van der Waals surface area contributed by atoms with Crippen molar-refractivity contribution in [3.63, 3.8) is 0 Å². The second-order valence-corrected chi connectivity index (χ2v) is 7.04. The maximum absolute atomic E-state index is 12.4. The van der Waals surface area contributed by atoms with Gasteiger partial charge >= 0.3 is 0 Å². The molecule has 0 aromatic heterocycles. The second-order valence-electron chi connectivity index (χ2n) is 6.63. The summed E-state index contributed by atoms with van der Waals surface area (Å²) in [7, 11) is 1.90. The normalized spacial score (nSPS) is 13.1. The van der Waals surface area contributed by atoms with Gasteiger partial charge in [0.25, 0.3) is 0 Å². The Hall–Kier alpha value is -2.44. The minimum absolute atomic E-state index is 0.136. The van der Waals surface area contributed by atoms with E-state index in [0.717, 1.165) is 25.1 Å². The van der Waals surface area contributed by atoms with Crippen molar-refractivity contribution in [2.45, 2.75) is 12.8 Å². The van der Waals surface area contributed by atoms with E-state index < -0.39 is 0 Å². The molecule has 1 N–H and O–H groups in total. The van der Waals surface area contributed by atoms with E-state index in [0.29, 0.717) is 42.0 Å². The summed E-state index contributed by atoms with van der Waals surface area (Å²) in [6, 6.07) is 13.1. The summed E-state index contributed by atoms with van der Waals surface area (Å²) in [4.78, 5) is 14.3. The number of halogens is 1. The second kappa shape index (κ2) is 10.2. The van der Waals surface area contributed by atoms with Gasteiger partial charge in [0.05, 0.1) is 37.1 Å². The van der Waals surface area contributed by atoms with Gasteiger partial charge in [-0.2, -0.15) is 0 Å². The molecule has 0 aliphatic carbocycles. The first-order valence-electron chi connectivity index (χ1n) is 9.37. The lowest BCUT2D eigenvalue weighted by atomic mass is 10.2. The van der Waals surface area contributed by atoms with E-state index in [1.807, 2.05) is 42.3 Å². The van der Waals surface area contributed by atoms with Crippen molar-refractivity contribution < 1.29 is 19.0 Å². The highest BCUT2D eigenvalue weighted by atomic mass is 35.5. The number of amides is 1. The Morgan fingerprint density at radius 2 is 1.89 bits per heavy atom. The molecule has 0 fully saturated rings. The van der Waals surface area contributed by atoms with E-state index in [1.54, 1.807) is 12.1 Å². The molecule has 0 spiro atoms. The molecule has 1 heterocycles. The van der Waals surface area contributed by atoms with Crippen LogP contribution >= 0.6 is 11.6 Å². The summed E-state index contributed by atoms with van der Waals surface area (Å²) in [5.74, 6) is 1.93. The Bertz CT molecular complexity index is 785. The molecule has 1 amide bonds. The molecular formula is C21H25ClN2O4. The number of hydrogen-bond donors (Lipinski definition) is 1. The number of benzene rings is 2. The van der Waals surface area contributed by atoms with Gasteiger partial charge in [-0.1, -0.05) is 29.8 Å². The van der Waals surface area contributed by atoms with Gasteiger partial charge in [0.2, 0.25) is 5.91 Å². The molecule has 0 unspecified atom stereocenters. The molecule has 2 aromatic rings. The SMILES string of the molecule is CN(CCCOc1ccccc1)CC(=O)Nc1cc2c(cc1Cl)OCCCO2. The molecule has 6 nitrogen and oxygen atoms in total. The standard InChI is InChI=1S/C21H25ClN2O4/c1-24(9-5-10-26-16-7-3-2-4-8-16)15-21(25)23-18-14-20-19(13-17(18)22)27-11-6-12-28-20/h2-4,7-8,13-14H,5-6,9-12,15H2,1H3,(H,23,25). The van der Waals surface area contributed by atoms with Gasteiger partial charge in [0, 0.05) is 25.1 Å². The number of nitrogens with one attached hydrogen (secondary N) is 1. The largest absolute Gasteiger partial charge is 0.494 e. The van der Waals surface area contributed by atoms with Crippen LogP contribution in [0.4, 0.5) is 5.69 Å². The highest BCUT2D eigenvalue weighted by Gasteiger charge is 2.16. The van der Waals surface area contributed by atoms with Crippen molar-refractivity contribution in [3.05, 3.63) is 47.5 Å². The lowest BCUT2D eigenvalue weighted by molar-refractivity contribution is -0.117. The number of carbonyl (C=O) groups is 1. The summed E-state index contributed by atoms with van der Waals surface area (Å²) in [6.07, 6.45) is 1.64. The first-order chi connectivity index (χ1) is 13.6. The van der Waals surface area contributed by atoms with Crippen molar-refractivity contribution in [2.24, 2.45) is 0 Å². The average molecular weight is 405 g/mol. The molecule has 0 radical (unpaired) electrons.